The van der Waals surface area contributed by atoms with Gasteiger partial charge in [-0.15, -0.1) is 0 Å². The molecule has 1 aliphatic carbocycles. The van der Waals surface area contributed by atoms with Gasteiger partial charge in [-0.25, -0.2) is 9.18 Å². The quantitative estimate of drug-likeness (QED) is 0.787. The summed E-state index contributed by atoms with van der Waals surface area (Å²) in [6.45, 7) is 2.49. The van der Waals surface area contributed by atoms with Crippen molar-refractivity contribution >= 4 is 17.8 Å². The van der Waals surface area contributed by atoms with Gasteiger partial charge >= 0.3 is 6.03 Å². The lowest BCUT2D eigenvalue weighted by molar-refractivity contribution is -0.140. The topological polar surface area (TPSA) is 69.7 Å². The first-order valence-electron chi connectivity index (χ1n) is 10.6. The van der Waals surface area contributed by atoms with Crippen molar-refractivity contribution in [1.29, 1.82) is 0 Å². The van der Waals surface area contributed by atoms with E-state index in [0.717, 1.165) is 42.6 Å². The van der Waals surface area contributed by atoms with Crippen molar-refractivity contribution in [2.75, 3.05) is 13.1 Å². The van der Waals surface area contributed by atoms with Crippen molar-refractivity contribution in [3.8, 4) is 0 Å². The zero-order chi connectivity index (χ0) is 20.6. The highest BCUT2D eigenvalue weighted by atomic mass is 19.1. The van der Waals surface area contributed by atoms with Crippen LogP contribution in [-0.4, -0.2) is 46.3 Å². The summed E-state index contributed by atoms with van der Waals surface area (Å²) in [5, 5.41) is 2.88. The first kappa shape index (κ1) is 19.9. The molecule has 1 unspecified atom stereocenters. The molecule has 2 heterocycles. The third kappa shape index (κ3) is 3.63. The number of rotatable bonds is 4. The number of likely N-dealkylation sites (tertiary alicyclic amines) is 1. The highest BCUT2D eigenvalue weighted by Gasteiger charge is 2.53. The molecule has 0 aromatic heterocycles. The lowest BCUT2D eigenvalue weighted by Gasteiger charge is -2.34. The number of nitrogens with zero attached hydrogens (tertiary/aromatic N) is 2. The SMILES string of the molecule is CCC1CCC2(CC1)NC(=O)N(CC(=O)N1CCCC1c1ccc(F)cc1)C2=O. The number of nitrogens with one attached hydrogen (secondary N) is 1. The molecular formula is C22H28FN3O3. The molecule has 3 aliphatic rings. The van der Waals surface area contributed by atoms with Crippen LogP contribution in [0, 0.1) is 11.7 Å². The number of benzene rings is 1. The Kier molecular flexibility index (Phi) is 5.32. The van der Waals surface area contributed by atoms with Crippen LogP contribution >= 0.6 is 0 Å². The van der Waals surface area contributed by atoms with Crippen molar-refractivity contribution in [3.63, 3.8) is 0 Å². The van der Waals surface area contributed by atoms with Crippen molar-refractivity contribution in [1.82, 2.24) is 15.1 Å². The van der Waals surface area contributed by atoms with E-state index >= 15 is 0 Å². The van der Waals surface area contributed by atoms with Crippen molar-refractivity contribution in [3.05, 3.63) is 35.6 Å². The standard InChI is InChI=1S/C22H28FN3O3/c1-2-15-9-11-22(12-10-15)20(28)26(21(29)24-22)14-19(27)25-13-3-4-18(25)16-5-7-17(23)8-6-16/h5-8,15,18H,2-4,9-14H2,1H3,(H,24,29). The molecule has 0 bridgehead atoms. The summed E-state index contributed by atoms with van der Waals surface area (Å²) in [5.41, 5.74) is 0.0496. The van der Waals surface area contributed by atoms with Crippen LogP contribution in [0.2, 0.25) is 0 Å². The average molecular weight is 401 g/mol. The zero-order valence-corrected chi connectivity index (χ0v) is 16.8. The summed E-state index contributed by atoms with van der Waals surface area (Å²) in [5.74, 6) is -0.211. The first-order chi connectivity index (χ1) is 13.9. The second-order valence-corrected chi connectivity index (χ2v) is 8.55. The maximum Gasteiger partial charge on any atom is 0.325 e. The molecule has 29 heavy (non-hydrogen) atoms. The Morgan fingerprint density at radius 2 is 1.86 bits per heavy atom. The summed E-state index contributed by atoms with van der Waals surface area (Å²) < 4.78 is 13.2. The van der Waals surface area contributed by atoms with Gasteiger partial charge in [0.1, 0.15) is 17.9 Å². The summed E-state index contributed by atoms with van der Waals surface area (Å²) >= 11 is 0. The monoisotopic (exact) mass is 401 g/mol. The van der Waals surface area contributed by atoms with Crippen molar-refractivity contribution < 1.29 is 18.8 Å². The minimum absolute atomic E-state index is 0.141. The highest BCUT2D eigenvalue weighted by molar-refractivity contribution is 6.09. The van der Waals surface area contributed by atoms with Crippen molar-refractivity contribution in [2.45, 2.75) is 63.5 Å². The average Bonchev–Trinajstić information content (AvgIpc) is 3.29. The predicted octanol–water partition coefficient (Wildman–Crippen LogP) is 3.38. The lowest BCUT2D eigenvalue weighted by Crippen LogP contribution is -2.50. The van der Waals surface area contributed by atoms with Crippen LogP contribution in [0.4, 0.5) is 9.18 Å². The molecule has 1 N–H and O–H groups in total. The fourth-order valence-electron chi connectivity index (χ4n) is 5.06. The van der Waals surface area contributed by atoms with E-state index in [1.807, 2.05) is 0 Å². The van der Waals surface area contributed by atoms with Gasteiger partial charge in [-0.3, -0.25) is 14.5 Å². The van der Waals surface area contributed by atoms with E-state index in [1.165, 1.54) is 12.1 Å². The van der Waals surface area contributed by atoms with Gasteiger partial charge < -0.3 is 10.2 Å². The fraction of sp³-hybridized carbons (Fsp3) is 0.591. The molecule has 1 spiro atoms. The van der Waals surface area contributed by atoms with E-state index in [9.17, 15) is 18.8 Å². The van der Waals surface area contributed by atoms with Crippen molar-refractivity contribution in [2.24, 2.45) is 5.92 Å². The zero-order valence-electron chi connectivity index (χ0n) is 16.8. The first-order valence-corrected chi connectivity index (χ1v) is 10.6. The maximum absolute atomic E-state index is 13.2. The molecule has 4 rings (SSSR count). The Bertz CT molecular complexity index is 802. The Labute approximate surface area is 170 Å². The largest absolute Gasteiger partial charge is 0.334 e. The number of imide groups is 1. The number of amides is 4. The smallest absolute Gasteiger partial charge is 0.325 e. The molecule has 7 heteroatoms. The van der Waals surface area contributed by atoms with Gasteiger partial charge in [0, 0.05) is 6.54 Å². The molecule has 156 valence electrons. The molecule has 4 amide bonds. The molecule has 1 atom stereocenters. The van der Waals surface area contributed by atoms with Crippen LogP contribution in [0.3, 0.4) is 0 Å². The van der Waals surface area contributed by atoms with E-state index < -0.39 is 11.6 Å². The number of carbonyl (C=O) groups excluding carboxylic acids is 3. The van der Waals surface area contributed by atoms with Crippen LogP contribution in [0.1, 0.15) is 63.5 Å². The van der Waals surface area contributed by atoms with Gasteiger partial charge in [0.15, 0.2) is 0 Å². The van der Waals surface area contributed by atoms with Gasteiger partial charge in [-0.1, -0.05) is 25.5 Å². The molecule has 2 aliphatic heterocycles. The number of hydrogen-bond acceptors (Lipinski definition) is 3. The minimum Gasteiger partial charge on any atom is -0.334 e. The Balaban J connectivity index is 1.44. The van der Waals surface area contributed by atoms with Crippen LogP contribution in [-0.2, 0) is 9.59 Å². The molecule has 1 saturated carbocycles. The third-order valence-corrected chi connectivity index (χ3v) is 6.90. The highest BCUT2D eigenvalue weighted by Crippen LogP contribution is 2.38. The van der Waals surface area contributed by atoms with Crippen LogP contribution in [0.15, 0.2) is 24.3 Å². The second-order valence-electron chi connectivity index (χ2n) is 8.55. The summed E-state index contributed by atoms with van der Waals surface area (Å²) in [4.78, 5) is 41.4. The Morgan fingerprint density at radius 1 is 1.17 bits per heavy atom. The van der Waals surface area contributed by atoms with E-state index in [2.05, 4.69) is 12.2 Å². The maximum atomic E-state index is 13.2. The van der Waals surface area contributed by atoms with Crippen LogP contribution < -0.4 is 5.32 Å². The van der Waals surface area contributed by atoms with E-state index in [-0.39, 0.29) is 30.2 Å². The number of halogens is 1. The molecule has 2 saturated heterocycles. The number of hydrogen-bond donors (Lipinski definition) is 1. The Morgan fingerprint density at radius 3 is 2.52 bits per heavy atom. The van der Waals surface area contributed by atoms with Gasteiger partial charge in [-0.2, -0.15) is 0 Å². The normalized spacial score (nSPS) is 29.6. The molecular weight excluding hydrogens is 373 g/mol. The summed E-state index contributed by atoms with van der Waals surface area (Å²) in [7, 11) is 0. The van der Waals surface area contributed by atoms with E-state index in [0.29, 0.717) is 25.3 Å². The van der Waals surface area contributed by atoms with Crippen LogP contribution in [0.5, 0.6) is 0 Å². The molecule has 1 aromatic rings. The van der Waals surface area contributed by atoms with E-state index in [1.54, 1.807) is 17.0 Å². The van der Waals surface area contributed by atoms with E-state index in [4.69, 9.17) is 0 Å². The minimum atomic E-state index is -0.829. The number of carbonyl (C=O) groups is 3. The number of urea groups is 1. The second kappa shape index (κ2) is 7.76. The molecule has 3 fully saturated rings. The molecule has 6 nitrogen and oxygen atoms in total. The third-order valence-electron chi connectivity index (χ3n) is 6.90. The predicted molar refractivity (Wildman–Crippen MR) is 105 cm³/mol. The molecule has 0 radical (unpaired) electrons. The Hall–Kier alpha value is -2.44. The summed E-state index contributed by atoms with van der Waals surface area (Å²) in [6.07, 6.45) is 5.84. The van der Waals surface area contributed by atoms with Gasteiger partial charge in [-0.05, 0) is 62.1 Å². The molecule has 1 aromatic carbocycles. The van der Waals surface area contributed by atoms with Gasteiger partial charge in [0.25, 0.3) is 5.91 Å². The van der Waals surface area contributed by atoms with Gasteiger partial charge in [0.05, 0.1) is 6.04 Å². The lowest BCUT2D eigenvalue weighted by atomic mass is 9.75. The summed E-state index contributed by atoms with van der Waals surface area (Å²) in [6, 6.07) is 5.57. The van der Waals surface area contributed by atoms with Crippen LogP contribution in [0.25, 0.3) is 0 Å². The fourth-order valence-corrected chi connectivity index (χ4v) is 5.06. The van der Waals surface area contributed by atoms with Gasteiger partial charge in [0.2, 0.25) is 5.91 Å².